The van der Waals surface area contributed by atoms with Crippen LogP contribution in [0.5, 0.6) is 11.5 Å². The quantitative estimate of drug-likeness (QED) is 0.416. The summed E-state index contributed by atoms with van der Waals surface area (Å²) < 4.78 is 39.5. The van der Waals surface area contributed by atoms with Crippen molar-refractivity contribution in [1.29, 1.82) is 0 Å². The third kappa shape index (κ3) is 5.53. The maximum absolute atomic E-state index is 13.3. The number of hydrogen-bond donors (Lipinski definition) is 0. The molecule has 37 heavy (non-hydrogen) atoms. The van der Waals surface area contributed by atoms with Gasteiger partial charge >= 0.3 is 6.03 Å². The fourth-order valence-electron chi connectivity index (χ4n) is 4.42. The number of rotatable bonds is 9. The summed E-state index contributed by atoms with van der Waals surface area (Å²) in [4.78, 5) is 20.1. The number of carbonyl (C=O) groups excluding carboxylic acids is 1. The van der Waals surface area contributed by atoms with Crippen LogP contribution in [0.1, 0.15) is 24.7 Å². The summed E-state index contributed by atoms with van der Waals surface area (Å²) in [5.74, 6) is 0.965. The number of benzene rings is 1. The molecule has 1 aromatic carbocycles. The molecule has 2 amide bonds. The van der Waals surface area contributed by atoms with Crippen molar-refractivity contribution in [2.24, 2.45) is 0 Å². The number of methoxy groups -OCH3 is 2. The van der Waals surface area contributed by atoms with E-state index in [0.29, 0.717) is 35.1 Å². The van der Waals surface area contributed by atoms with Crippen molar-refractivity contribution in [2.75, 3.05) is 40.1 Å². The highest BCUT2D eigenvalue weighted by Gasteiger charge is 2.31. The van der Waals surface area contributed by atoms with Gasteiger partial charge in [-0.1, -0.05) is 6.07 Å². The normalized spacial score (nSPS) is 16.2. The lowest BCUT2D eigenvalue weighted by atomic mass is 10.1. The molecule has 2 aromatic heterocycles. The minimum Gasteiger partial charge on any atom is -0.494 e. The standard InChI is InChI=1S/C25H32N6O5S/c1-17-13-19(15-26-14-17)24-28-27-22(31(24)23-20(35-4)7-6-8-21(23)36-5)16-37(33,34)12-11-30-18(2)9-10-29(3)25(30)32/h6-8,13-15,18H,9-12,16H2,1-5H3/t18-/m1/s1. The first kappa shape index (κ1) is 26.4. The second kappa shape index (κ2) is 10.8. The van der Waals surface area contributed by atoms with Crippen LogP contribution in [0, 0.1) is 6.92 Å². The molecular weight excluding hydrogens is 496 g/mol. The molecule has 0 bridgehead atoms. The molecule has 198 valence electrons. The zero-order valence-corrected chi connectivity index (χ0v) is 22.5. The van der Waals surface area contributed by atoms with Crippen molar-refractivity contribution in [3.05, 3.63) is 48.0 Å². The largest absolute Gasteiger partial charge is 0.494 e. The van der Waals surface area contributed by atoms with Crippen LogP contribution in [-0.4, -0.2) is 90.1 Å². The van der Waals surface area contributed by atoms with Crippen LogP contribution in [0.2, 0.25) is 0 Å². The van der Waals surface area contributed by atoms with E-state index in [4.69, 9.17) is 9.47 Å². The van der Waals surface area contributed by atoms with Crippen LogP contribution in [0.25, 0.3) is 17.1 Å². The molecule has 11 nitrogen and oxygen atoms in total. The van der Waals surface area contributed by atoms with Gasteiger partial charge in [0.15, 0.2) is 21.5 Å². The van der Waals surface area contributed by atoms with E-state index in [2.05, 4.69) is 15.2 Å². The lowest BCUT2D eigenvalue weighted by molar-refractivity contribution is 0.118. The third-order valence-electron chi connectivity index (χ3n) is 6.47. The summed E-state index contributed by atoms with van der Waals surface area (Å²) in [6.45, 7) is 4.61. The van der Waals surface area contributed by atoms with Gasteiger partial charge in [-0.3, -0.25) is 9.55 Å². The van der Waals surface area contributed by atoms with Gasteiger partial charge in [0.05, 0.1) is 20.0 Å². The van der Waals surface area contributed by atoms with Crippen LogP contribution in [0.15, 0.2) is 36.7 Å². The van der Waals surface area contributed by atoms with Crippen molar-refractivity contribution < 1.29 is 22.7 Å². The van der Waals surface area contributed by atoms with Crippen molar-refractivity contribution in [3.8, 4) is 28.6 Å². The minimum absolute atomic E-state index is 0.0270. The van der Waals surface area contributed by atoms with E-state index in [0.717, 1.165) is 12.0 Å². The first-order valence-corrected chi connectivity index (χ1v) is 13.8. The molecule has 12 heteroatoms. The first-order chi connectivity index (χ1) is 17.6. The number of urea groups is 1. The SMILES string of the molecule is COc1cccc(OC)c1-n1c(CS(=O)(=O)CCN2C(=O)N(C)CC[C@H]2C)nnc1-c1cncc(C)c1. The third-order valence-corrected chi connectivity index (χ3v) is 7.97. The van der Waals surface area contributed by atoms with Crippen molar-refractivity contribution >= 4 is 15.9 Å². The number of nitrogens with zero attached hydrogens (tertiary/aromatic N) is 6. The lowest BCUT2D eigenvalue weighted by Crippen LogP contribution is -2.53. The van der Waals surface area contributed by atoms with Gasteiger partial charge in [-0.15, -0.1) is 10.2 Å². The molecule has 0 aliphatic carbocycles. The van der Waals surface area contributed by atoms with Crippen LogP contribution in [-0.2, 0) is 15.6 Å². The molecular formula is C25H32N6O5S. The second-order valence-corrected chi connectivity index (χ2v) is 11.3. The van der Waals surface area contributed by atoms with E-state index in [-0.39, 0.29) is 35.9 Å². The molecule has 0 saturated carbocycles. The average molecular weight is 529 g/mol. The van der Waals surface area contributed by atoms with Crippen molar-refractivity contribution in [3.63, 3.8) is 0 Å². The Kier molecular flexibility index (Phi) is 7.67. The van der Waals surface area contributed by atoms with Gasteiger partial charge in [0.1, 0.15) is 22.9 Å². The Morgan fingerprint density at radius 3 is 2.46 bits per heavy atom. The number of sulfone groups is 1. The Hall–Kier alpha value is -3.67. The molecule has 0 radical (unpaired) electrons. The number of hydrogen-bond acceptors (Lipinski definition) is 8. The minimum atomic E-state index is -3.68. The van der Waals surface area contributed by atoms with Crippen LogP contribution in [0.4, 0.5) is 4.79 Å². The highest BCUT2D eigenvalue weighted by Crippen LogP contribution is 2.36. The van der Waals surface area contributed by atoms with Crippen LogP contribution >= 0.6 is 0 Å². The maximum Gasteiger partial charge on any atom is 0.320 e. The monoisotopic (exact) mass is 528 g/mol. The Morgan fingerprint density at radius 1 is 1.11 bits per heavy atom. The van der Waals surface area contributed by atoms with E-state index >= 15 is 0 Å². The molecule has 1 atom stereocenters. The molecule has 0 spiro atoms. The molecule has 0 unspecified atom stereocenters. The van der Waals surface area contributed by atoms with Gasteiger partial charge in [-0.25, -0.2) is 13.2 Å². The Bertz CT molecular complexity index is 1370. The molecule has 1 fully saturated rings. The number of aromatic nitrogens is 4. The molecule has 1 aliphatic rings. The molecule has 3 heterocycles. The Balaban J connectivity index is 1.73. The highest BCUT2D eigenvalue weighted by molar-refractivity contribution is 7.90. The van der Waals surface area contributed by atoms with Gasteiger partial charge < -0.3 is 19.3 Å². The molecule has 0 N–H and O–H groups in total. The average Bonchev–Trinajstić information content (AvgIpc) is 3.27. The van der Waals surface area contributed by atoms with Gasteiger partial charge in [0.25, 0.3) is 0 Å². The lowest BCUT2D eigenvalue weighted by Gasteiger charge is -2.38. The predicted octanol–water partition coefficient (Wildman–Crippen LogP) is 2.72. The Labute approximate surface area is 216 Å². The molecule has 1 aliphatic heterocycles. The second-order valence-electron chi connectivity index (χ2n) is 9.16. The Morgan fingerprint density at radius 2 is 1.81 bits per heavy atom. The van der Waals surface area contributed by atoms with E-state index < -0.39 is 9.84 Å². The summed E-state index contributed by atoms with van der Waals surface area (Å²) >= 11 is 0. The summed E-state index contributed by atoms with van der Waals surface area (Å²) in [7, 11) is 1.10. The van der Waals surface area contributed by atoms with Gasteiger partial charge in [-0.2, -0.15) is 0 Å². The van der Waals surface area contributed by atoms with Gasteiger partial charge in [0.2, 0.25) is 0 Å². The van der Waals surface area contributed by atoms with Crippen LogP contribution in [0.3, 0.4) is 0 Å². The molecule has 4 rings (SSSR count). The first-order valence-electron chi connectivity index (χ1n) is 11.9. The fraction of sp³-hybridized carbons (Fsp3) is 0.440. The summed E-state index contributed by atoms with van der Waals surface area (Å²) in [6, 6.07) is 7.01. The topological polar surface area (TPSA) is 120 Å². The highest BCUT2D eigenvalue weighted by atomic mass is 32.2. The number of para-hydroxylation sites is 1. The summed E-state index contributed by atoms with van der Waals surface area (Å²) in [5.41, 5.74) is 2.07. The summed E-state index contributed by atoms with van der Waals surface area (Å²) in [6.07, 6.45) is 4.16. The smallest absolute Gasteiger partial charge is 0.320 e. The van der Waals surface area contributed by atoms with Crippen molar-refractivity contribution in [2.45, 2.75) is 32.1 Å². The number of pyridine rings is 1. The molecule has 3 aromatic rings. The number of carbonyl (C=O) groups is 1. The van der Waals surface area contributed by atoms with Gasteiger partial charge in [-0.05, 0) is 44.0 Å². The maximum atomic E-state index is 13.3. The number of amides is 2. The van der Waals surface area contributed by atoms with Crippen molar-refractivity contribution in [1.82, 2.24) is 29.5 Å². The zero-order valence-electron chi connectivity index (χ0n) is 21.7. The van der Waals surface area contributed by atoms with E-state index in [9.17, 15) is 13.2 Å². The van der Waals surface area contributed by atoms with E-state index in [1.165, 1.54) is 14.2 Å². The van der Waals surface area contributed by atoms with Crippen LogP contribution < -0.4 is 9.47 Å². The zero-order chi connectivity index (χ0) is 26.7. The van der Waals surface area contributed by atoms with E-state index in [1.807, 2.05) is 19.9 Å². The summed E-state index contributed by atoms with van der Waals surface area (Å²) in [5, 5.41) is 8.63. The van der Waals surface area contributed by atoms with Gasteiger partial charge in [0, 0.05) is 44.1 Å². The number of aryl methyl sites for hydroxylation is 1. The predicted molar refractivity (Wildman–Crippen MR) is 139 cm³/mol. The number of ether oxygens (including phenoxy) is 2. The molecule has 1 saturated heterocycles. The fourth-order valence-corrected chi connectivity index (χ4v) is 5.62. The van der Waals surface area contributed by atoms with E-state index in [1.54, 1.807) is 52.0 Å².